The van der Waals surface area contributed by atoms with Crippen LogP contribution >= 0.6 is 0 Å². The zero-order valence-corrected chi connectivity index (χ0v) is 13.1. The standard InChI is InChI=1S/C17H26N4/c1-3-14(2)21-16(18)19-12-17(21)9-10-20(13-17)11-15-7-5-4-6-8-15/h4-8,14H,3,9-13H2,1-2H3,(H2,18,19). The molecule has 3 rings (SSSR count). The largest absolute Gasteiger partial charge is 0.370 e. The summed E-state index contributed by atoms with van der Waals surface area (Å²) in [5, 5.41) is 0. The van der Waals surface area contributed by atoms with Crippen LogP contribution in [0.15, 0.2) is 35.3 Å². The van der Waals surface area contributed by atoms with E-state index in [4.69, 9.17) is 5.73 Å². The normalized spacial score (nSPS) is 27.3. The highest BCUT2D eigenvalue weighted by atomic mass is 15.4. The zero-order valence-electron chi connectivity index (χ0n) is 13.1. The van der Waals surface area contributed by atoms with Crippen LogP contribution in [0.3, 0.4) is 0 Å². The van der Waals surface area contributed by atoms with E-state index in [1.165, 1.54) is 5.56 Å². The number of rotatable bonds is 4. The van der Waals surface area contributed by atoms with Crippen LogP contribution < -0.4 is 5.73 Å². The van der Waals surface area contributed by atoms with E-state index in [1.807, 2.05) is 0 Å². The summed E-state index contributed by atoms with van der Waals surface area (Å²) in [6, 6.07) is 11.2. The Balaban J connectivity index is 1.71. The first-order valence-electron chi connectivity index (χ1n) is 8.00. The summed E-state index contributed by atoms with van der Waals surface area (Å²) in [4.78, 5) is 9.48. The molecule has 4 nitrogen and oxygen atoms in total. The van der Waals surface area contributed by atoms with E-state index in [-0.39, 0.29) is 5.54 Å². The molecule has 4 heteroatoms. The van der Waals surface area contributed by atoms with Crippen molar-refractivity contribution in [2.75, 3.05) is 19.6 Å². The van der Waals surface area contributed by atoms with Crippen LogP contribution in [0.25, 0.3) is 0 Å². The highest BCUT2D eigenvalue weighted by Crippen LogP contribution is 2.34. The number of guanidine groups is 1. The van der Waals surface area contributed by atoms with E-state index in [0.29, 0.717) is 6.04 Å². The lowest BCUT2D eigenvalue weighted by atomic mass is 9.95. The average Bonchev–Trinajstić information content (AvgIpc) is 3.04. The minimum absolute atomic E-state index is 0.133. The topological polar surface area (TPSA) is 44.9 Å². The van der Waals surface area contributed by atoms with Crippen molar-refractivity contribution in [3.05, 3.63) is 35.9 Å². The number of hydrogen-bond acceptors (Lipinski definition) is 4. The minimum Gasteiger partial charge on any atom is -0.370 e. The van der Waals surface area contributed by atoms with Gasteiger partial charge in [-0.05, 0) is 25.3 Å². The van der Waals surface area contributed by atoms with Crippen molar-refractivity contribution >= 4 is 5.96 Å². The molecule has 2 atom stereocenters. The van der Waals surface area contributed by atoms with Gasteiger partial charge >= 0.3 is 0 Å². The Hall–Kier alpha value is -1.55. The summed E-state index contributed by atoms with van der Waals surface area (Å²) in [7, 11) is 0. The first-order chi connectivity index (χ1) is 10.1. The van der Waals surface area contributed by atoms with E-state index in [1.54, 1.807) is 0 Å². The van der Waals surface area contributed by atoms with E-state index in [2.05, 4.69) is 59.0 Å². The molecule has 1 spiro atoms. The van der Waals surface area contributed by atoms with Gasteiger partial charge in [0.2, 0.25) is 0 Å². The average molecular weight is 286 g/mol. The summed E-state index contributed by atoms with van der Waals surface area (Å²) in [5.41, 5.74) is 7.68. The first kappa shape index (κ1) is 14.4. The number of hydrogen-bond donors (Lipinski definition) is 1. The molecular weight excluding hydrogens is 260 g/mol. The van der Waals surface area contributed by atoms with Crippen LogP contribution in [0.1, 0.15) is 32.3 Å². The summed E-state index contributed by atoms with van der Waals surface area (Å²) in [6.07, 6.45) is 2.27. The third-order valence-electron chi connectivity index (χ3n) is 4.99. The second-order valence-electron chi connectivity index (χ2n) is 6.47. The van der Waals surface area contributed by atoms with Crippen molar-refractivity contribution in [2.24, 2.45) is 10.7 Å². The lowest BCUT2D eigenvalue weighted by molar-refractivity contribution is 0.152. The summed E-state index contributed by atoms with van der Waals surface area (Å²) in [6.45, 7) is 8.56. The van der Waals surface area contributed by atoms with Gasteiger partial charge in [-0.3, -0.25) is 9.89 Å². The lowest BCUT2D eigenvalue weighted by Crippen LogP contribution is -2.56. The molecule has 2 heterocycles. The predicted molar refractivity (Wildman–Crippen MR) is 87.1 cm³/mol. The Morgan fingerprint density at radius 3 is 2.81 bits per heavy atom. The third kappa shape index (κ3) is 2.64. The number of aliphatic imine (C=N–C) groups is 1. The summed E-state index contributed by atoms with van der Waals surface area (Å²) in [5.74, 6) is 0.742. The van der Waals surface area contributed by atoms with E-state index < -0.39 is 0 Å². The molecule has 0 bridgehead atoms. The van der Waals surface area contributed by atoms with Gasteiger partial charge in [-0.25, -0.2) is 0 Å². The van der Waals surface area contributed by atoms with Gasteiger partial charge < -0.3 is 10.6 Å². The van der Waals surface area contributed by atoms with Crippen molar-refractivity contribution in [3.8, 4) is 0 Å². The van der Waals surface area contributed by atoms with Gasteiger partial charge in [-0.2, -0.15) is 0 Å². The molecule has 2 aliphatic heterocycles. The van der Waals surface area contributed by atoms with E-state index in [9.17, 15) is 0 Å². The Bertz CT molecular complexity index is 513. The fraction of sp³-hybridized carbons (Fsp3) is 0.588. The van der Waals surface area contributed by atoms with Crippen molar-refractivity contribution in [3.63, 3.8) is 0 Å². The Kier molecular flexibility index (Phi) is 3.89. The highest BCUT2D eigenvalue weighted by Gasteiger charge is 2.48. The number of benzene rings is 1. The molecule has 21 heavy (non-hydrogen) atoms. The zero-order chi connectivity index (χ0) is 14.9. The molecule has 1 aromatic carbocycles. The maximum atomic E-state index is 6.17. The van der Waals surface area contributed by atoms with Crippen LogP contribution in [0.4, 0.5) is 0 Å². The second kappa shape index (κ2) is 5.68. The number of nitrogens with zero attached hydrogens (tertiary/aromatic N) is 3. The lowest BCUT2D eigenvalue weighted by Gasteiger charge is -2.40. The van der Waals surface area contributed by atoms with E-state index >= 15 is 0 Å². The summed E-state index contributed by atoms with van der Waals surface area (Å²) >= 11 is 0. The summed E-state index contributed by atoms with van der Waals surface area (Å²) < 4.78 is 0. The SMILES string of the molecule is CCC(C)N1C(N)=NCC12CCN(Cc1ccccc1)C2. The van der Waals surface area contributed by atoms with Gasteiger partial charge in [0.25, 0.3) is 0 Å². The maximum absolute atomic E-state index is 6.17. The Morgan fingerprint density at radius 1 is 1.33 bits per heavy atom. The van der Waals surface area contributed by atoms with Crippen LogP contribution in [0, 0.1) is 0 Å². The monoisotopic (exact) mass is 286 g/mol. The van der Waals surface area contributed by atoms with E-state index in [0.717, 1.165) is 45.0 Å². The van der Waals surface area contributed by atoms with Gasteiger partial charge in [-0.15, -0.1) is 0 Å². The minimum atomic E-state index is 0.133. The highest BCUT2D eigenvalue weighted by molar-refractivity contribution is 5.81. The molecule has 2 N–H and O–H groups in total. The molecule has 1 fully saturated rings. The fourth-order valence-electron chi connectivity index (χ4n) is 3.74. The van der Waals surface area contributed by atoms with Gasteiger partial charge in [-0.1, -0.05) is 37.3 Å². The molecule has 1 aromatic rings. The van der Waals surface area contributed by atoms with Crippen molar-refractivity contribution < 1.29 is 0 Å². The quantitative estimate of drug-likeness (QED) is 0.921. The number of nitrogens with two attached hydrogens (primary N) is 1. The second-order valence-corrected chi connectivity index (χ2v) is 6.47. The molecule has 0 saturated carbocycles. The van der Waals surface area contributed by atoms with Gasteiger partial charge in [0.15, 0.2) is 5.96 Å². The smallest absolute Gasteiger partial charge is 0.192 e. The van der Waals surface area contributed by atoms with Crippen molar-refractivity contribution in [2.45, 2.75) is 44.8 Å². The van der Waals surface area contributed by atoms with Gasteiger partial charge in [0.1, 0.15) is 0 Å². The van der Waals surface area contributed by atoms with Crippen LogP contribution in [0.2, 0.25) is 0 Å². The predicted octanol–water partition coefficient (Wildman–Crippen LogP) is 2.06. The number of likely N-dealkylation sites (tertiary alicyclic amines) is 1. The molecule has 1 saturated heterocycles. The molecule has 114 valence electrons. The molecule has 2 aliphatic rings. The van der Waals surface area contributed by atoms with Crippen LogP contribution in [-0.2, 0) is 6.54 Å². The van der Waals surface area contributed by atoms with Crippen LogP contribution in [0.5, 0.6) is 0 Å². The Morgan fingerprint density at radius 2 is 2.10 bits per heavy atom. The van der Waals surface area contributed by atoms with Gasteiger partial charge in [0.05, 0.1) is 12.1 Å². The maximum Gasteiger partial charge on any atom is 0.192 e. The molecule has 0 radical (unpaired) electrons. The molecular formula is C17H26N4. The molecule has 0 aromatic heterocycles. The Labute approximate surface area is 127 Å². The first-order valence-corrected chi connectivity index (χ1v) is 8.00. The van der Waals surface area contributed by atoms with Crippen molar-refractivity contribution in [1.82, 2.24) is 9.80 Å². The van der Waals surface area contributed by atoms with Crippen molar-refractivity contribution in [1.29, 1.82) is 0 Å². The fourth-order valence-corrected chi connectivity index (χ4v) is 3.74. The molecule has 2 unspecified atom stereocenters. The molecule has 0 aliphatic carbocycles. The third-order valence-corrected chi connectivity index (χ3v) is 4.99. The van der Waals surface area contributed by atoms with Crippen LogP contribution in [-0.4, -0.2) is 47.0 Å². The molecule has 0 amide bonds. The van der Waals surface area contributed by atoms with Gasteiger partial charge in [0, 0.05) is 25.7 Å².